The van der Waals surface area contributed by atoms with Crippen LogP contribution in [0, 0.1) is 5.92 Å². The molecule has 3 unspecified atom stereocenters. The van der Waals surface area contributed by atoms with E-state index in [0.29, 0.717) is 25.0 Å². The third-order valence-corrected chi connectivity index (χ3v) is 8.35. The van der Waals surface area contributed by atoms with Crippen molar-refractivity contribution in [3.8, 4) is 0 Å². The summed E-state index contributed by atoms with van der Waals surface area (Å²) in [7, 11) is 0. The first-order valence-electron chi connectivity index (χ1n) is 13.6. The van der Waals surface area contributed by atoms with Crippen LogP contribution in [0.15, 0.2) is 24.3 Å². The quantitative estimate of drug-likeness (QED) is 0.660. The Bertz CT molecular complexity index is 864. The first-order chi connectivity index (χ1) is 16.6. The first kappa shape index (κ1) is 23.8. The minimum atomic E-state index is 0.0464. The molecule has 2 saturated heterocycles. The van der Waals surface area contributed by atoms with E-state index in [9.17, 15) is 9.59 Å². The number of piperidine rings is 1. The number of hydrogen-bond acceptors (Lipinski definition) is 4. The van der Waals surface area contributed by atoms with Gasteiger partial charge < -0.3 is 14.5 Å². The molecule has 6 heteroatoms. The molecule has 0 radical (unpaired) electrons. The van der Waals surface area contributed by atoms with Crippen LogP contribution in [-0.2, 0) is 20.9 Å². The van der Waals surface area contributed by atoms with Gasteiger partial charge in [-0.3, -0.25) is 14.5 Å². The van der Waals surface area contributed by atoms with Gasteiger partial charge in [-0.25, -0.2) is 0 Å². The van der Waals surface area contributed by atoms with Crippen LogP contribution < -0.4 is 4.90 Å². The number of anilines is 1. The molecule has 3 aliphatic heterocycles. The van der Waals surface area contributed by atoms with Crippen LogP contribution in [0.5, 0.6) is 0 Å². The lowest BCUT2D eigenvalue weighted by Gasteiger charge is -2.44. The molecule has 186 valence electrons. The fourth-order valence-electron chi connectivity index (χ4n) is 6.26. The zero-order valence-corrected chi connectivity index (χ0v) is 20.8. The third-order valence-electron chi connectivity index (χ3n) is 8.35. The number of amides is 2. The van der Waals surface area contributed by atoms with Gasteiger partial charge >= 0.3 is 0 Å². The van der Waals surface area contributed by atoms with E-state index in [-0.39, 0.29) is 17.9 Å². The number of rotatable bonds is 4. The van der Waals surface area contributed by atoms with Gasteiger partial charge in [0.25, 0.3) is 0 Å². The smallest absolute Gasteiger partial charge is 0.225 e. The maximum absolute atomic E-state index is 13.7. The molecule has 0 N–H and O–H groups in total. The van der Waals surface area contributed by atoms with E-state index in [1.165, 1.54) is 25.7 Å². The normalized spacial score (nSPS) is 28.7. The molecule has 4 aliphatic rings. The molecule has 5 rings (SSSR count). The summed E-state index contributed by atoms with van der Waals surface area (Å²) in [6, 6.07) is 9.08. The first-order valence-corrected chi connectivity index (χ1v) is 13.6. The second kappa shape index (κ2) is 10.8. The number of hydrogen-bond donors (Lipinski definition) is 0. The largest absolute Gasteiger partial charge is 0.378 e. The molecule has 3 heterocycles. The molecule has 0 spiro atoms. The van der Waals surface area contributed by atoms with Crippen LogP contribution in [0.1, 0.15) is 76.7 Å². The van der Waals surface area contributed by atoms with Gasteiger partial charge in [-0.1, -0.05) is 24.6 Å². The van der Waals surface area contributed by atoms with Gasteiger partial charge in [0, 0.05) is 57.5 Å². The number of ether oxygens (including phenoxy) is 1. The summed E-state index contributed by atoms with van der Waals surface area (Å²) in [4.78, 5) is 33.2. The van der Waals surface area contributed by atoms with Crippen molar-refractivity contribution in [2.75, 3.05) is 31.1 Å². The molecule has 1 aliphatic carbocycles. The van der Waals surface area contributed by atoms with Gasteiger partial charge in [0.15, 0.2) is 0 Å². The van der Waals surface area contributed by atoms with E-state index >= 15 is 0 Å². The summed E-state index contributed by atoms with van der Waals surface area (Å²) in [5.74, 6) is 1.10. The third kappa shape index (κ3) is 5.65. The lowest BCUT2D eigenvalue weighted by molar-refractivity contribution is -0.137. The van der Waals surface area contributed by atoms with Gasteiger partial charge in [-0.05, 0) is 68.9 Å². The van der Waals surface area contributed by atoms with Gasteiger partial charge in [0.1, 0.15) is 0 Å². The highest BCUT2D eigenvalue weighted by molar-refractivity contribution is 5.92. The van der Waals surface area contributed by atoms with Gasteiger partial charge in [0.05, 0.1) is 12.5 Å². The average Bonchev–Trinajstić information content (AvgIpc) is 3.65. The van der Waals surface area contributed by atoms with Crippen molar-refractivity contribution in [2.45, 2.75) is 95.9 Å². The van der Waals surface area contributed by atoms with Crippen molar-refractivity contribution < 1.29 is 14.3 Å². The summed E-state index contributed by atoms with van der Waals surface area (Å²) in [6.07, 6.45) is 11.0. The highest BCUT2D eigenvalue weighted by Gasteiger charge is 2.37. The number of carbonyl (C=O) groups excluding carboxylic acids is 2. The Hall–Kier alpha value is -1.92. The molecule has 2 amide bonds. The van der Waals surface area contributed by atoms with Crippen molar-refractivity contribution in [3.63, 3.8) is 0 Å². The van der Waals surface area contributed by atoms with Crippen LogP contribution in [0.25, 0.3) is 0 Å². The van der Waals surface area contributed by atoms with E-state index in [2.05, 4.69) is 21.9 Å². The second-order valence-corrected chi connectivity index (χ2v) is 10.9. The summed E-state index contributed by atoms with van der Waals surface area (Å²) >= 11 is 0. The number of carbonyl (C=O) groups is 2. The monoisotopic (exact) mass is 467 g/mol. The summed E-state index contributed by atoms with van der Waals surface area (Å²) in [5.41, 5.74) is 2.03. The number of fused-ring (bicyclic) bond motifs is 3. The summed E-state index contributed by atoms with van der Waals surface area (Å²) in [6.45, 7) is 5.68. The molecular weight excluding hydrogens is 426 g/mol. The van der Waals surface area contributed by atoms with Crippen molar-refractivity contribution >= 4 is 17.5 Å². The van der Waals surface area contributed by atoms with Gasteiger partial charge in [0.2, 0.25) is 11.8 Å². The predicted molar refractivity (Wildman–Crippen MR) is 134 cm³/mol. The summed E-state index contributed by atoms with van der Waals surface area (Å²) in [5, 5.41) is 0. The Labute approximate surface area is 204 Å². The van der Waals surface area contributed by atoms with Crippen molar-refractivity contribution in [2.24, 2.45) is 5.92 Å². The molecule has 1 aromatic carbocycles. The zero-order chi connectivity index (χ0) is 23.5. The molecule has 3 atom stereocenters. The standard InChI is InChI=1S/C28H41N3O3/c1-21(32)30-15-14-24-8-6-9-25(31(24)18-22-12-13-22)20-29(19-23-7-2-3-11-27(23)30)28(33)17-26-10-4-5-16-34-26/h2-3,7,11,22,24-26H,4-6,8-10,12-20H2,1H3. The lowest BCUT2D eigenvalue weighted by atomic mass is 9.92. The van der Waals surface area contributed by atoms with Crippen LogP contribution in [0.4, 0.5) is 5.69 Å². The fraction of sp³-hybridized carbons (Fsp3) is 0.714. The molecule has 3 fully saturated rings. The molecule has 1 saturated carbocycles. The molecule has 1 aromatic rings. The van der Waals surface area contributed by atoms with Crippen molar-refractivity contribution in [3.05, 3.63) is 29.8 Å². The Kier molecular flexibility index (Phi) is 7.55. The Morgan fingerprint density at radius 1 is 0.971 bits per heavy atom. The van der Waals surface area contributed by atoms with Crippen LogP contribution in [0.2, 0.25) is 0 Å². The Morgan fingerprint density at radius 2 is 1.79 bits per heavy atom. The minimum absolute atomic E-state index is 0.0464. The molecule has 34 heavy (non-hydrogen) atoms. The SMILES string of the molecule is CC(=O)N1CCC2CCCC(CN(C(=O)CC3CCCCO3)Cc3ccccc31)N2CC1CC1. The lowest BCUT2D eigenvalue weighted by Crippen LogP contribution is -2.53. The summed E-state index contributed by atoms with van der Waals surface area (Å²) < 4.78 is 5.93. The average molecular weight is 468 g/mol. The Morgan fingerprint density at radius 3 is 2.56 bits per heavy atom. The van der Waals surface area contributed by atoms with Crippen LogP contribution >= 0.6 is 0 Å². The van der Waals surface area contributed by atoms with E-state index in [4.69, 9.17) is 4.74 Å². The van der Waals surface area contributed by atoms with Crippen LogP contribution in [-0.4, -0.2) is 66.0 Å². The molecule has 6 nitrogen and oxygen atoms in total. The topological polar surface area (TPSA) is 53.1 Å². The highest BCUT2D eigenvalue weighted by Crippen LogP contribution is 2.36. The molecule has 0 aromatic heterocycles. The zero-order valence-electron chi connectivity index (χ0n) is 20.8. The number of nitrogens with zero attached hydrogens (tertiary/aromatic N) is 3. The maximum Gasteiger partial charge on any atom is 0.225 e. The fourth-order valence-corrected chi connectivity index (χ4v) is 6.26. The van der Waals surface area contributed by atoms with Crippen molar-refractivity contribution in [1.29, 1.82) is 0 Å². The molecular formula is C28H41N3O3. The van der Waals surface area contributed by atoms with E-state index in [0.717, 1.165) is 75.5 Å². The van der Waals surface area contributed by atoms with Gasteiger partial charge in [-0.15, -0.1) is 0 Å². The van der Waals surface area contributed by atoms with E-state index in [1.54, 1.807) is 6.92 Å². The maximum atomic E-state index is 13.7. The van der Waals surface area contributed by atoms with Crippen molar-refractivity contribution in [1.82, 2.24) is 9.80 Å². The van der Waals surface area contributed by atoms with Crippen LogP contribution in [0.3, 0.4) is 0 Å². The highest BCUT2D eigenvalue weighted by atomic mass is 16.5. The molecule has 2 bridgehead atoms. The predicted octanol–water partition coefficient (Wildman–Crippen LogP) is 4.36. The van der Waals surface area contributed by atoms with E-state index in [1.807, 2.05) is 17.0 Å². The number of para-hydroxylation sites is 1. The number of benzene rings is 1. The van der Waals surface area contributed by atoms with Gasteiger partial charge in [-0.2, -0.15) is 0 Å². The minimum Gasteiger partial charge on any atom is -0.378 e. The Balaban J connectivity index is 1.45. The second-order valence-electron chi connectivity index (χ2n) is 10.9. The van der Waals surface area contributed by atoms with E-state index < -0.39 is 0 Å².